The van der Waals surface area contributed by atoms with Crippen LogP contribution in [0.4, 0.5) is 0 Å². The third-order valence-corrected chi connectivity index (χ3v) is 7.43. The van der Waals surface area contributed by atoms with Gasteiger partial charge in [0.15, 0.2) is 0 Å². The number of carbonyl (C=O) groups is 1. The van der Waals surface area contributed by atoms with Crippen molar-refractivity contribution >= 4 is 17.7 Å². The first-order chi connectivity index (χ1) is 15.7. The van der Waals surface area contributed by atoms with Gasteiger partial charge in [-0.05, 0) is 28.7 Å². The third-order valence-electron chi connectivity index (χ3n) is 5.72. The first kappa shape index (κ1) is 21.9. The summed E-state index contributed by atoms with van der Waals surface area (Å²) in [5.41, 5.74) is 4.48. The topological polar surface area (TPSA) is 37.3 Å². The summed E-state index contributed by atoms with van der Waals surface area (Å²) >= 11 is 1.70. The minimum absolute atomic E-state index is 0.488. The molecule has 4 rings (SSSR count). The van der Waals surface area contributed by atoms with Gasteiger partial charge in [0.2, 0.25) is 0 Å². The lowest BCUT2D eigenvalue weighted by Crippen LogP contribution is -2.29. The molecule has 0 amide bonds. The van der Waals surface area contributed by atoms with E-state index in [1.54, 1.807) is 11.8 Å². The summed E-state index contributed by atoms with van der Waals surface area (Å²) < 4.78 is -0.506. The molecule has 32 heavy (non-hydrogen) atoms. The molecule has 0 saturated heterocycles. The van der Waals surface area contributed by atoms with Crippen molar-refractivity contribution in [2.24, 2.45) is 5.92 Å². The Labute approximate surface area is 194 Å². The Balaban J connectivity index is 1.78. The van der Waals surface area contributed by atoms with Gasteiger partial charge in [0.25, 0.3) is 0 Å². The minimum atomic E-state index is -0.760. The van der Waals surface area contributed by atoms with E-state index in [0.717, 1.165) is 22.3 Å². The van der Waals surface area contributed by atoms with Gasteiger partial charge < -0.3 is 5.11 Å². The number of rotatable bonds is 9. The summed E-state index contributed by atoms with van der Waals surface area (Å²) in [5, 5.41) is 10.0. The van der Waals surface area contributed by atoms with Crippen LogP contribution in [0.5, 0.6) is 0 Å². The Morgan fingerprint density at radius 1 is 0.656 bits per heavy atom. The van der Waals surface area contributed by atoms with Crippen LogP contribution in [0.1, 0.15) is 22.3 Å². The van der Waals surface area contributed by atoms with Crippen LogP contribution in [-0.4, -0.2) is 16.8 Å². The molecule has 0 fully saturated rings. The van der Waals surface area contributed by atoms with Crippen molar-refractivity contribution in [3.63, 3.8) is 0 Å². The Hall–Kier alpha value is -3.30. The molecule has 0 unspecified atom stereocenters. The van der Waals surface area contributed by atoms with Gasteiger partial charge in [0, 0.05) is 5.75 Å². The number of benzene rings is 4. The molecule has 0 bridgehead atoms. The Bertz CT molecular complexity index is 1020. The molecular weight excluding hydrogens is 412 g/mol. The zero-order valence-electron chi connectivity index (χ0n) is 17.8. The summed E-state index contributed by atoms with van der Waals surface area (Å²) in [6.07, 6.45) is 0.512. The number of carboxylic acid groups (broad SMARTS) is 1. The van der Waals surface area contributed by atoms with E-state index < -0.39 is 16.6 Å². The summed E-state index contributed by atoms with van der Waals surface area (Å²) in [7, 11) is 0. The molecule has 1 N–H and O–H groups in total. The van der Waals surface area contributed by atoms with Gasteiger partial charge in [-0.2, -0.15) is 0 Å². The minimum Gasteiger partial charge on any atom is -0.481 e. The van der Waals surface area contributed by atoms with Crippen molar-refractivity contribution < 1.29 is 9.90 Å². The standard InChI is InChI=1S/C29H26O2S/c30-28(31)24(21-23-13-5-1-6-14-23)22-32-29(25-15-7-2-8-16-25,26-17-9-3-10-18-26)27-19-11-4-12-20-27/h1-20,24H,21-22H2,(H,30,31)/t24-/m1/s1. The number of hydrogen-bond acceptors (Lipinski definition) is 2. The number of hydrogen-bond donors (Lipinski definition) is 1. The van der Waals surface area contributed by atoms with Gasteiger partial charge in [-0.3, -0.25) is 4.79 Å². The van der Waals surface area contributed by atoms with E-state index in [1.807, 2.05) is 48.5 Å². The quantitative estimate of drug-likeness (QED) is 0.297. The molecule has 0 heterocycles. The van der Waals surface area contributed by atoms with Crippen LogP contribution in [0.25, 0.3) is 0 Å². The smallest absolute Gasteiger partial charge is 0.307 e. The van der Waals surface area contributed by atoms with E-state index in [9.17, 15) is 9.90 Å². The average Bonchev–Trinajstić information content (AvgIpc) is 2.86. The first-order valence-electron chi connectivity index (χ1n) is 10.8. The van der Waals surface area contributed by atoms with Gasteiger partial charge in [0.05, 0.1) is 10.7 Å². The summed E-state index contributed by atoms with van der Waals surface area (Å²) in [5.74, 6) is -0.759. The average molecular weight is 439 g/mol. The second kappa shape index (κ2) is 10.3. The molecule has 0 aliphatic carbocycles. The molecule has 1 atom stereocenters. The maximum absolute atomic E-state index is 12.2. The van der Waals surface area contributed by atoms with Gasteiger partial charge in [-0.25, -0.2) is 0 Å². The number of thioether (sulfide) groups is 1. The van der Waals surface area contributed by atoms with Gasteiger partial charge in [0.1, 0.15) is 0 Å². The molecule has 4 aromatic rings. The van der Waals surface area contributed by atoms with E-state index in [4.69, 9.17) is 0 Å². The molecule has 3 heteroatoms. The van der Waals surface area contributed by atoms with Crippen LogP contribution in [0.2, 0.25) is 0 Å². The Morgan fingerprint density at radius 3 is 1.41 bits per heavy atom. The highest BCUT2D eigenvalue weighted by atomic mass is 32.2. The first-order valence-corrected chi connectivity index (χ1v) is 11.8. The molecule has 0 aliphatic heterocycles. The SMILES string of the molecule is O=C(O)[C@@H](CSC(c1ccccc1)(c1ccccc1)c1ccccc1)Cc1ccccc1. The van der Waals surface area contributed by atoms with E-state index in [-0.39, 0.29) is 0 Å². The van der Waals surface area contributed by atoms with Crippen LogP contribution in [0.15, 0.2) is 121 Å². The molecule has 0 radical (unpaired) electrons. The fraction of sp³-hybridized carbons (Fsp3) is 0.138. The highest BCUT2D eigenvalue weighted by molar-refractivity contribution is 8.00. The van der Waals surface area contributed by atoms with E-state index in [1.165, 1.54) is 0 Å². The predicted molar refractivity (Wildman–Crippen MR) is 133 cm³/mol. The normalized spacial score (nSPS) is 12.2. The van der Waals surface area contributed by atoms with Crippen LogP contribution >= 0.6 is 11.8 Å². The molecule has 0 aliphatic rings. The zero-order chi connectivity index (χ0) is 22.2. The Kier molecular flexibility index (Phi) is 7.08. The number of aliphatic carboxylic acids is 1. The zero-order valence-corrected chi connectivity index (χ0v) is 18.6. The maximum atomic E-state index is 12.2. The number of carboxylic acids is 1. The molecule has 2 nitrogen and oxygen atoms in total. The van der Waals surface area contributed by atoms with Crippen molar-refractivity contribution in [3.05, 3.63) is 144 Å². The summed E-state index contributed by atoms with van der Waals surface area (Å²) in [6.45, 7) is 0. The lowest BCUT2D eigenvalue weighted by Gasteiger charge is -2.36. The molecule has 160 valence electrons. The van der Waals surface area contributed by atoms with E-state index in [2.05, 4.69) is 72.8 Å². The lowest BCUT2D eigenvalue weighted by molar-refractivity contribution is -0.140. The van der Waals surface area contributed by atoms with Crippen LogP contribution in [0.3, 0.4) is 0 Å². The molecule has 0 spiro atoms. The Morgan fingerprint density at radius 2 is 1.03 bits per heavy atom. The molecule has 0 aromatic heterocycles. The van der Waals surface area contributed by atoms with Crippen LogP contribution in [0, 0.1) is 5.92 Å². The van der Waals surface area contributed by atoms with Crippen LogP contribution in [-0.2, 0) is 16.0 Å². The fourth-order valence-corrected chi connectivity index (χ4v) is 5.73. The molecule has 4 aromatic carbocycles. The van der Waals surface area contributed by atoms with Crippen molar-refractivity contribution in [1.29, 1.82) is 0 Å². The van der Waals surface area contributed by atoms with E-state index in [0.29, 0.717) is 12.2 Å². The molecule has 0 saturated carbocycles. The summed E-state index contributed by atoms with van der Waals surface area (Å²) in [4.78, 5) is 12.2. The predicted octanol–water partition coefficient (Wildman–Crippen LogP) is 6.66. The van der Waals surface area contributed by atoms with Crippen molar-refractivity contribution in [3.8, 4) is 0 Å². The van der Waals surface area contributed by atoms with Crippen molar-refractivity contribution in [2.45, 2.75) is 11.2 Å². The summed E-state index contributed by atoms with van der Waals surface area (Å²) in [6, 6.07) is 41.1. The van der Waals surface area contributed by atoms with E-state index >= 15 is 0 Å². The monoisotopic (exact) mass is 438 g/mol. The third kappa shape index (κ3) is 4.79. The van der Waals surface area contributed by atoms with Gasteiger partial charge in [-0.15, -0.1) is 11.8 Å². The highest BCUT2D eigenvalue weighted by Gasteiger charge is 2.38. The van der Waals surface area contributed by atoms with Gasteiger partial charge in [-0.1, -0.05) is 121 Å². The fourth-order valence-electron chi connectivity index (χ4n) is 4.11. The second-order valence-electron chi connectivity index (χ2n) is 7.82. The van der Waals surface area contributed by atoms with Crippen molar-refractivity contribution in [2.75, 3.05) is 5.75 Å². The molecular formula is C29H26O2S. The highest BCUT2D eigenvalue weighted by Crippen LogP contribution is 2.49. The maximum Gasteiger partial charge on any atom is 0.307 e. The van der Waals surface area contributed by atoms with Gasteiger partial charge >= 0.3 is 5.97 Å². The van der Waals surface area contributed by atoms with Crippen LogP contribution < -0.4 is 0 Å². The van der Waals surface area contributed by atoms with Crippen molar-refractivity contribution in [1.82, 2.24) is 0 Å². The lowest BCUT2D eigenvalue weighted by atomic mass is 9.84. The largest absolute Gasteiger partial charge is 0.481 e. The second-order valence-corrected chi connectivity index (χ2v) is 9.05.